The maximum atomic E-state index is 5.43. The van der Waals surface area contributed by atoms with Gasteiger partial charge in [-0.3, -0.25) is 0 Å². The van der Waals surface area contributed by atoms with Gasteiger partial charge in [-0.2, -0.15) is 0 Å². The summed E-state index contributed by atoms with van der Waals surface area (Å²) in [4.78, 5) is 0. The fourth-order valence-electron chi connectivity index (χ4n) is 9.45. The molecule has 0 unspecified atom stereocenters. The molecular weight excluding hydrogens is 1130 g/mol. The van der Waals surface area contributed by atoms with Crippen molar-refractivity contribution in [3.8, 4) is 90.9 Å². The zero-order valence-corrected chi connectivity index (χ0v) is 57.4. The highest BCUT2D eigenvalue weighted by Crippen LogP contribution is 2.35. The summed E-state index contributed by atoms with van der Waals surface area (Å²) in [6.07, 6.45) is 1.09. The topological polar surface area (TPSA) is 92.3 Å². The van der Waals surface area contributed by atoms with Crippen LogP contribution >= 0.6 is 0 Å². The minimum absolute atomic E-state index is 0.848. The van der Waals surface area contributed by atoms with Crippen molar-refractivity contribution < 1.29 is 47.4 Å². The molecule has 0 fully saturated rings. The smallest absolute Gasteiger partial charge is 0.124 e. The van der Waals surface area contributed by atoms with Crippen molar-refractivity contribution in [3.05, 3.63) is 262 Å². The third-order valence-corrected chi connectivity index (χ3v) is 14.6. The van der Waals surface area contributed by atoms with E-state index < -0.39 is 0 Å². The first-order valence-electron chi connectivity index (χ1n) is 30.1. The zero-order valence-electron chi connectivity index (χ0n) is 57.4. The lowest BCUT2D eigenvalue weighted by atomic mass is 9.96. The van der Waals surface area contributed by atoms with Gasteiger partial charge in [0, 0.05) is 0 Å². The molecule has 10 aromatic carbocycles. The van der Waals surface area contributed by atoms with Crippen LogP contribution in [-0.2, 0) is 6.42 Å². The van der Waals surface area contributed by atoms with Crippen LogP contribution in [0.1, 0.15) is 62.6 Å². The molecule has 10 heteroatoms. The first-order valence-corrected chi connectivity index (χ1v) is 30.1. The Bertz CT molecular complexity index is 3370. The van der Waals surface area contributed by atoms with Crippen LogP contribution in [0.25, 0.3) is 33.4 Å². The molecule has 0 N–H and O–H groups in total. The molecule has 0 atom stereocenters. The Labute approximate surface area is 544 Å². The van der Waals surface area contributed by atoms with Crippen molar-refractivity contribution in [1.29, 1.82) is 0 Å². The van der Waals surface area contributed by atoms with Gasteiger partial charge in [-0.15, -0.1) is 0 Å². The summed E-state index contributed by atoms with van der Waals surface area (Å²) < 4.78 is 51.6. The Morgan fingerprint density at radius 3 is 0.659 bits per heavy atom. The molecule has 0 saturated carbocycles. The lowest BCUT2D eigenvalue weighted by Crippen LogP contribution is -1.94. The van der Waals surface area contributed by atoms with Crippen LogP contribution < -0.4 is 47.4 Å². The molecule has 0 spiro atoms. The van der Waals surface area contributed by atoms with Gasteiger partial charge in [-0.1, -0.05) is 109 Å². The van der Waals surface area contributed by atoms with E-state index in [-0.39, 0.29) is 0 Å². The van der Waals surface area contributed by atoms with Crippen LogP contribution in [0.15, 0.2) is 206 Å². The van der Waals surface area contributed by atoms with Crippen molar-refractivity contribution in [3.63, 3.8) is 0 Å². The average molecular weight is 1230 g/mol. The van der Waals surface area contributed by atoms with Gasteiger partial charge in [0.25, 0.3) is 0 Å². The highest BCUT2D eigenvalue weighted by molar-refractivity contribution is 5.71. The highest BCUT2D eigenvalue weighted by Gasteiger charge is 2.11. The van der Waals surface area contributed by atoms with Gasteiger partial charge in [0.1, 0.15) is 57.5 Å². The number of hydrogen-bond acceptors (Lipinski definition) is 10. The predicted molar refractivity (Wildman–Crippen MR) is 379 cm³/mol. The minimum Gasteiger partial charge on any atom is -0.497 e. The van der Waals surface area contributed by atoms with Gasteiger partial charge in [-0.05, 0) is 262 Å². The van der Waals surface area contributed by atoms with Crippen molar-refractivity contribution in [1.82, 2.24) is 0 Å². The van der Waals surface area contributed by atoms with Crippen LogP contribution in [0.2, 0.25) is 0 Å². The van der Waals surface area contributed by atoms with E-state index in [0.717, 1.165) is 97.3 Å². The number of aryl methyl sites for hydroxylation is 10. The van der Waals surface area contributed by atoms with E-state index >= 15 is 0 Å². The lowest BCUT2D eigenvalue weighted by molar-refractivity contribution is 0.403. The molecular formula is C81H96O10. The van der Waals surface area contributed by atoms with E-state index in [9.17, 15) is 0 Å². The summed E-state index contributed by atoms with van der Waals surface area (Å²) in [5.74, 6) is 9.06. The van der Waals surface area contributed by atoms with Crippen molar-refractivity contribution in [2.24, 2.45) is 0 Å². The highest BCUT2D eigenvalue weighted by atomic mass is 16.5. The molecule has 10 aromatic rings. The maximum Gasteiger partial charge on any atom is 0.124 e. The van der Waals surface area contributed by atoms with Gasteiger partial charge >= 0.3 is 0 Å². The first-order chi connectivity index (χ1) is 43.8. The molecule has 91 heavy (non-hydrogen) atoms. The molecule has 480 valence electrons. The summed E-state index contributed by atoms with van der Waals surface area (Å²) >= 11 is 0. The fraction of sp³-hybridized carbons (Fsp3) is 0.259. The van der Waals surface area contributed by atoms with E-state index in [1.54, 1.807) is 71.1 Å². The monoisotopic (exact) mass is 1230 g/mol. The molecule has 0 aliphatic carbocycles. The van der Waals surface area contributed by atoms with Crippen LogP contribution in [0.3, 0.4) is 0 Å². The Balaban J connectivity index is 0.000000232. The van der Waals surface area contributed by atoms with Crippen LogP contribution in [-0.4, -0.2) is 71.1 Å². The SMILES string of the molecule is CCc1ccc(OC)cc1.COc1c(C)cc(-c2cc(C)c(OC)c(C)c2)cc1C.COc1ccc(-c2ccc(OC)c(C)c2)cc1C.COc1ccc(-c2ccc(OC)cc2)cc1.COc1ccc(C)cc1.COc1ccc(OC)cc1.Cc1ccc(C)cc1. The normalized spacial score (nSPS) is 9.80. The van der Waals surface area contributed by atoms with Crippen LogP contribution in [0.5, 0.6) is 57.5 Å². The maximum absolute atomic E-state index is 5.43. The van der Waals surface area contributed by atoms with Gasteiger partial charge < -0.3 is 47.4 Å². The Morgan fingerprint density at radius 2 is 0.429 bits per heavy atom. The Hall–Kier alpha value is -9.80. The summed E-state index contributed by atoms with van der Waals surface area (Å²) in [5.41, 5.74) is 19.4. The Kier molecular flexibility index (Phi) is 31.8. The largest absolute Gasteiger partial charge is 0.497 e. The molecule has 0 bridgehead atoms. The van der Waals surface area contributed by atoms with E-state index in [1.807, 2.05) is 121 Å². The van der Waals surface area contributed by atoms with E-state index in [4.69, 9.17) is 47.4 Å². The second kappa shape index (κ2) is 39.3. The summed E-state index contributed by atoms with van der Waals surface area (Å²) in [7, 11) is 16.8. The van der Waals surface area contributed by atoms with Crippen molar-refractivity contribution >= 4 is 0 Å². The van der Waals surface area contributed by atoms with Crippen LogP contribution in [0, 0.1) is 62.3 Å². The first kappa shape index (κ1) is 73.7. The molecule has 0 saturated heterocycles. The minimum atomic E-state index is 0.848. The van der Waals surface area contributed by atoms with E-state index in [0.29, 0.717) is 0 Å². The lowest BCUT2D eigenvalue weighted by Gasteiger charge is -2.14. The molecule has 0 heterocycles. The molecule has 0 aromatic heterocycles. The summed E-state index contributed by atoms with van der Waals surface area (Å²) in [5, 5.41) is 0. The average Bonchev–Trinajstić information content (AvgIpc) is 1.64. The molecule has 0 radical (unpaired) electrons. The summed E-state index contributed by atoms with van der Waals surface area (Å²) in [6, 6.07) is 69.1. The van der Waals surface area contributed by atoms with Gasteiger partial charge in [0.15, 0.2) is 0 Å². The molecule has 0 aliphatic rings. The van der Waals surface area contributed by atoms with Gasteiger partial charge in [0.05, 0.1) is 71.1 Å². The molecule has 0 aliphatic heterocycles. The number of ether oxygens (including phenoxy) is 10. The van der Waals surface area contributed by atoms with E-state index in [1.165, 1.54) is 55.6 Å². The van der Waals surface area contributed by atoms with E-state index in [2.05, 4.69) is 154 Å². The summed E-state index contributed by atoms with van der Waals surface area (Å²) in [6.45, 7) is 20.8. The zero-order chi connectivity index (χ0) is 66.8. The fourth-order valence-corrected chi connectivity index (χ4v) is 9.45. The van der Waals surface area contributed by atoms with Gasteiger partial charge in [0.2, 0.25) is 0 Å². The standard InChI is InChI=1S/C18H22O2.C16H18O2.C14H14O2.C9H12O.C8H10O2.C8H10O.C8H10/c1-11-7-15(8-12(2)17(11)19-5)16-9-13(3)18(20-6)14(4)10-16;1-11-9-13(5-7-15(11)17-3)14-6-8-16(18-4)12(2)10-14;1-15-13-7-3-11(4-8-13)12-5-9-14(16-2)10-6-12;1-3-8-4-6-9(10-2)7-5-8;1-9-7-3-5-8(10-2)6-4-7;1-7-3-5-8(9-2)6-4-7;1-7-3-5-8(2)6-4-7/h7-10H,1-6H3;5-10H,1-4H3;3-10H,1-2H3;4-7H,3H2,1-2H3;3-6H,1-2H3;3-6H,1-2H3;3-6H,1-2H3. The van der Waals surface area contributed by atoms with Crippen molar-refractivity contribution in [2.45, 2.75) is 75.7 Å². The number of hydrogen-bond donors (Lipinski definition) is 0. The number of rotatable bonds is 14. The van der Waals surface area contributed by atoms with Gasteiger partial charge in [-0.25, -0.2) is 0 Å². The molecule has 10 nitrogen and oxygen atoms in total. The molecule has 10 rings (SSSR count). The number of benzene rings is 10. The van der Waals surface area contributed by atoms with Crippen LogP contribution in [0.4, 0.5) is 0 Å². The quantitative estimate of drug-likeness (QED) is 0.105. The predicted octanol–water partition coefficient (Wildman–Crippen LogP) is 20.2. The second-order valence-corrected chi connectivity index (χ2v) is 21.4. The number of methoxy groups -OCH3 is 10. The Morgan fingerprint density at radius 1 is 0.209 bits per heavy atom. The van der Waals surface area contributed by atoms with Crippen molar-refractivity contribution in [2.75, 3.05) is 71.1 Å². The second-order valence-electron chi connectivity index (χ2n) is 21.4. The third kappa shape index (κ3) is 24.3. The third-order valence-electron chi connectivity index (χ3n) is 14.6. The molecule has 0 amide bonds.